The third-order valence-corrected chi connectivity index (χ3v) is 5.83. The number of ether oxygens (including phenoxy) is 1. The molecule has 3 rings (SSSR count). The molecule has 1 saturated heterocycles. The van der Waals surface area contributed by atoms with Gasteiger partial charge in [-0.05, 0) is 13.0 Å². The molecule has 178 valence electrons. The number of primary amides is 1. The van der Waals surface area contributed by atoms with Gasteiger partial charge in [-0.15, -0.1) is 0 Å². The van der Waals surface area contributed by atoms with Crippen molar-refractivity contribution in [3.63, 3.8) is 0 Å². The largest absolute Gasteiger partial charge is 0.618 e. The molecule has 1 fully saturated rings. The fourth-order valence-corrected chi connectivity index (χ4v) is 3.81. The van der Waals surface area contributed by atoms with Gasteiger partial charge < -0.3 is 26.1 Å². The Morgan fingerprint density at radius 3 is 2.48 bits per heavy atom. The number of nitrogens with two attached hydrogens (primary N) is 1. The normalized spacial score (nSPS) is 25.1. The number of hydrogen-bond acceptors (Lipinski definition) is 5. The summed E-state index contributed by atoms with van der Waals surface area (Å²) < 4.78 is 74.2. The van der Waals surface area contributed by atoms with Gasteiger partial charge in [0.1, 0.15) is 6.10 Å². The first-order chi connectivity index (χ1) is 15.2. The van der Waals surface area contributed by atoms with E-state index < -0.39 is 70.2 Å². The van der Waals surface area contributed by atoms with E-state index in [1.54, 1.807) is 0 Å². The van der Waals surface area contributed by atoms with Crippen molar-refractivity contribution in [3.8, 4) is 5.75 Å². The van der Waals surface area contributed by atoms with Gasteiger partial charge in [0.2, 0.25) is 5.82 Å². The lowest BCUT2D eigenvalue weighted by Gasteiger charge is -2.31. The molecule has 4 atom stereocenters. The van der Waals surface area contributed by atoms with Crippen LogP contribution in [-0.2, 0) is 9.53 Å². The molecule has 1 unspecified atom stereocenters. The summed E-state index contributed by atoms with van der Waals surface area (Å²) in [4.78, 5) is 24.3. The van der Waals surface area contributed by atoms with Crippen LogP contribution in [0.1, 0.15) is 35.8 Å². The van der Waals surface area contributed by atoms with Crippen molar-refractivity contribution in [2.45, 2.75) is 37.6 Å². The maximum Gasteiger partial charge on any atom is 0.417 e. The molecule has 0 spiro atoms. The van der Waals surface area contributed by atoms with Gasteiger partial charge in [0.15, 0.2) is 23.4 Å². The second-order valence-corrected chi connectivity index (χ2v) is 7.74. The topological polar surface area (TPSA) is 129 Å². The lowest BCUT2D eigenvalue weighted by Crippen LogP contribution is -2.47. The number of pyridine rings is 1. The molecule has 1 aromatic carbocycles. The fourth-order valence-electron chi connectivity index (χ4n) is 3.81. The average Bonchev–Trinajstić information content (AvgIpc) is 3.00. The van der Waals surface area contributed by atoms with Gasteiger partial charge in [0.05, 0.1) is 5.69 Å². The third kappa shape index (κ3) is 4.03. The number of benzene rings is 1. The Morgan fingerprint density at radius 2 is 1.91 bits per heavy atom. The van der Waals surface area contributed by atoms with Gasteiger partial charge in [-0.1, -0.05) is 13.0 Å². The van der Waals surface area contributed by atoms with Gasteiger partial charge in [-0.25, -0.2) is 4.39 Å². The van der Waals surface area contributed by atoms with Gasteiger partial charge in [-0.3, -0.25) is 9.59 Å². The number of aromatic nitrogens is 1. The summed E-state index contributed by atoms with van der Waals surface area (Å²) in [5.74, 6) is -9.71. The molecule has 0 radical (unpaired) electrons. The number of phenolic OH excluding ortho intramolecular Hbond substituents is 1. The number of aromatic hydroxyl groups is 1. The highest BCUT2D eigenvalue weighted by molar-refractivity contribution is 5.97. The molecule has 0 aliphatic carbocycles. The molecule has 0 saturated carbocycles. The lowest BCUT2D eigenvalue weighted by atomic mass is 9.77. The molecule has 1 aromatic heterocycles. The van der Waals surface area contributed by atoms with Gasteiger partial charge in [0, 0.05) is 29.5 Å². The SMILES string of the molecule is C[C@H]1[C@H](c2ccc(F)c(F)c2O)[C@@H](C(=O)Nc2cc[n+]([O-])c(C(N)=O)c2)OC1(C)C(F)(F)F. The zero-order valence-corrected chi connectivity index (χ0v) is 17.1. The standard InChI is InChI=1S/C20H18F5N3O5/c1-8-13(10-3-4-11(21)14(22)15(10)29)16(33-19(8,2)20(23,24)25)18(31)27-9-5-6-28(32)12(7-9)17(26)30/h3-8,13,16,29H,1-2H3,(H2,26,30)(H,27,31)/t8-,13+,16-,19?/m0/s1. The molecular weight excluding hydrogens is 457 g/mol. The number of carbonyl (C=O) groups excluding carboxylic acids is 2. The molecule has 0 bridgehead atoms. The highest BCUT2D eigenvalue weighted by Gasteiger charge is 2.65. The molecule has 1 aliphatic rings. The molecule has 1 aliphatic heterocycles. The Labute approximate surface area is 183 Å². The van der Waals surface area contributed by atoms with E-state index in [0.29, 0.717) is 13.0 Å². The zero-order chi connectivity index (χ0) is 24.9. The highest BCUT2D eigenvalue weighted by atomic mass is 19.4. The van der Waals surface area contributed by atoms with E-state index in [9.17, 15) is 41.9 Å². The van der Waals surface area contributed by atoms with Crippen molar-refractivity contribution in [2.75, 3.05) is 5.32 Å². The monoisotopic (exact) mass is 475 g/mol. The van der Waals surface area contributed by atoms with Crippen molar-refractivity contribution < 1.29 is 46.1 Å². The summed E-state index contributed by atoms with van der Waals surface area (Å²) in [6.07, 6.45) is -6.04. The quantitative estimate of drug-likeness (QED) is 0.356. The maximum atomic E-state index is 14.0. The number of anilines is 1. The summed E-state index contributed by atoms with van der Waals surface area (Å²) in [5.41, 5.74) is 1.00. The Morgan fingerprint density at radius 1 is 1.27 bits per heavy atom. The second-order valence-electron chi connectivity index (χ2n) is 7.74. The van der Waals surface area contributed by atoms with Crippen molar-refractivity contribution in [1.29, 1.82) is 0 Å². The molecule has 2 aromatic rings. The molecule has 4 N–H and O–H groups in total. The fraction of sp³-hybridized carbons (Fsp3) is 0.350. The van der Waals surface area contributed by atoms with E-state index in [0.717, 1.165) is 31.3 Å². The summed E-state index contributed by atoms with van der Waals surface area (Å²) in [6, 6.07) is 3.44. The molecular formula is C20H18F5N3O5. The molecule has 2 heterocycles. The predicted molar refractivity (Wildman–Crippen MR) is 102 cm³/mol. The Bertz CT molecular complexity index is 1130. The van der Waals surface area contributed by atoms with Crippen molar-refractivity contribution in [1.82, 2.24) is 0 Å². The number of amides is 2. The second kappa shape index (κ2) is 8.14. The van der Waals surface area contributed by atoms with Gasteiger partial charge >= 0.3 is 12.1 Å². The number of nitrogens with one attached hydrogen (secondary N) is 1. The van der Waals surface area contributed by atoms with Crippen LogP contribution in [0, 0.1) is 22.8 Å². The van der Waals surface area contributed by atoms with Crippen LogP contribution in [0.15, 0.2) is 30.5 Å². The zero-order valence-electron chi connectivity index (χ0n) is 17.1. The number of phenols is 1. The van der Waals surface area contributed by atoms with E-state index >= 15 is 0 Å². The minimum Gasteiger partial charge on any atom is -0.618 e. The molecule has 8 nitrogen and oxygen atoms in total. The predicted octanol–water partition coefficient (Wildman–Crippen LogP) is 2.48. The number of halogens is 5. The average molecular weight is 475 g/mol. The summed E-state index contributed by atoms with van der Waals surface area (Å²) in [6.45, 7) is 1.79. The van der Waals surface area contributed by atoms with Gasteiger partial charge in [-0.2, -0.15) is 22.3 Å². The van der Waals surface area contributed by atoms with E-state index in [1.807, 2.05) is 0 Å². The van der Waals surface area contributed by atoms with E-state index in [1.165, 1.54) is 0 Å². The van der Waals surface area contributed by atoms with Crippen LogP contribution in [-0.4, -0.2) is 34.8 Å². The number of rotatable bonds is 4. The minimum absolute atomic E-state index is 0.120. The molecule has 33 heavy (non-hydrogen) atoms. The maximum absolute atomic E-state index is 14.0. The minimum atomic E-state index is -4.96. The van der Waals surface area contributed by atoms with Crippen LogP contribution in [0.2, 0.25) is 0 Å². The van der Waals surface area contributed by atoms with E-state index in [4.69, 9.17) is 10.5 Å². The number of alkyl halides is 3. The third-order valence-electron chi connectivity index (χ3n) is 5.83. The van der Waals surface area contributed by atoms with Crippen LogP contribution in [0.3, 0.4) is 0 Å². The highest BCUT2D eigenvalue weighted by Crippen LogP contribution is 2.54. The Kier molecular flexibility index (Phi) is 5.96. The Hall–Kier alpha value is -3.48. The summed E-state index contributed by atoms with van der Waals surface area (Å²) >= 11 is 0. The smallest absolute Gasteiger partial charge is 0.417 e. The Balaban J connectivity index is 2.05. The summed E-state index contributed by atoms with van der Waals surface area (Å²) in [7, 11) is 0. The number of carbonyl (C=O) groups is 2. The molecule has 13 heteroatoms. The first-order valence-electron chi connectivity index (χ1n) is 9.44. The molecule has 2 amide bonds. The van der Waals surface area contributed by atoms with Crippen LogP contribution in [0.5, 0.6) is 5.75 Å². The van der Waals surface area contributed by atoms with E-state index in [2.05, 4.69) is 5.32 Å². The van der Waals surface area contributed by atoms with Crippen molar-refractivity contribution in [3.05, 3.63) is 58.6 Å². The summed E-state index contributed by atoms with van der Waals surface area (Å²) in [5, 5.41) is 23.9. The first kappa shape index (κ1) is 24.2. The number of hydrogen-bond donors (Lipinski definition) is 3. The van der Waals surface area contributed by atoms with Crippen LogP contribution in [0.25, 0.3) is 0 Å². The van der Waals surface area contributed by atoms with Crippen LogP contribution in [0.4, 0.5) is 27.6 Å². The van der Waals surface area contributed by atoms with E-state index in [-0.39, 0.29) is 10.4 Å². The van der Waals surface area contributed by atoms with Crippen molar-refractivity contribution >= 4 is 17.5 Å². The lowest BCUT2D eigenvalue weighted by molar-refractivity contribution is -0.607. The van der Waals surface area contributed by atoms with Gasteiger partial charge in [0.25, 0.3) is 11.6 Å². The number of nitrogens with zero attached hydrogens (tertiary/aromatic N) is 1. The van der Waals surface area contributed by atoms with Crippen molar-refractivity contribution in [2.24, 2.45) is 11.7 Å². The van der Waals surface area contributed by atoms with Crippen LogP contribution >= 0.6 is 0 Å². The first-order valence-corrected chi connectivity index (χ1v) is 9.44. The van der Waals surface area contributed by atoms with Crippen LogP contribution < -0.4 is 15.8 Å².